The average Bonchev–Trinajstić information content (AvgIpc) is 2.74. The van der Waals surface area contributed by atoms with Crippen molar-refractivity contribution in [2.75, 3.05) is 17.6 Å². The number of allylic oxidation sites excluding steroid dienone is 3. The van der Waals surface area contributed by atoms with Crippen LogP contribution in [0.1, 0.15) is 26.7 Å². The van der Waals surface area contributed by atoms with Gasteiger partial charge in [0.1, 0.15) is 0 Å². The van der Waals surface area contributed by atoms with Gasteiger partial charge in [-0.25, -0.2) is 0 Å². The Hall–Kier alpha value is -2.49. The van der Waals surface area contributed by atoms with E-state index in [0.29, 0.717) is 12.2 Å². The predicted octanol–water partition coefficient (Wildman–Crippen LogP) is 3.46. The van der Waals surface area contributed by atoms with E-state index >= 15 is 0 Å². The first kappa shape index (κ1) is 15.4. The second kappa shape index (κ2) is 5.95. The molecule has 0 aromatic heterocycles. The number of hydrogen-bond donors (Lipinski definition) is 2. The molecular formula is C19H23N3O. The number of carbonyl (C=O) groups is 1. The quantitative estimate of drug-likeness (QED) is 0.837. The van der Waals surface area contributed by atoms with Gasteiger partial charge in [0, 0.05) is 18.3 Å². The molecule has 1 aromatic carbocycles. The van der Waals surface area contributed by atoms with Crippen LogP contribution in [0.25, 0.3) is 0 Å². The van der Waals surface area contributed by atoms with Crippen LogP contribution < -0.4 is 11.1 Å². The first-order valence-electron chi connectivity index (χ1n) is 7.98. The van der Waals surface area contributed by atoms with Gasteiger partial charge in [-0.1, -0.05) is 35.9 Å². The number of nitrogens with one attached hydrogen (secondary N) is 1. The van der Waals surface area contributed by atoms with Gasteiger partial charge >= 0.3 is 0 Å². The maximum atomic E-state index is 12.5. The number of anilines is 2. The summed E-state index contributed by atoms with van der Waals surface area (Å²) in [5, 5.41) is 3.34. The Morgan fingerprint density at radius 2 is 2.09 bits per heavy atom. The summed E-state index contributed by atoms with van der Waals surface area (Å²) in [7, 11) is 0. The molecule has 0 bridgehead atoms. The third-order valence-electron chi connectivity index (χ3n) is 4.56. The second-order valence-electron chi connectivity index (χ2n) is 6.55. The third kappa shape index (κ3) is 3.02. The Morgan fingerprint density at radius 1 is 1.30 bits per heavy atom. The Morgan fingerprint density at radius 3 is 2.78 bits per heavy atom. The first-order valence-corrected chi connectivity index (χ1v) is 7.98. The van der Waals surface area contributed by atoms with Gasteiger partial charge in [-0.3, -0.25) is 4.79 Å². The number of amides is 1. The number of carbonyl (C=O) groups excluding carboxylic acids is 1. The highest BCUT2D eigenvalue weighted by Crippen LogP contribution is 2.34. The minimum atomic E-state index is -0.388. The summed E-state index contributed by atoms with van der Waals surface area (Å²) < 4.78 is 0. The SMILES string of the molecule is CC1(C)C(Nc2ccccc2N)=CC(=O)N1CC1=CC=CCC1. The fourth-order valence-electron chi connectivity index (χ4n) is 3.01. The van der Waals surface area contributed by atoms with Crippen LogP contribution in [-0.4, -0.2) is 22.9 Å². The van der Waals surface area contributed by atoms with Crippen molar-refractivity contribution >= 4 is 17.3 Å². The van der Waals surface area contributed by atoms with Crippen LogP contribution in [0.2, 0.25) is 0 Å². The summed E-state index contributed by atoms with van der Waals surface area (Å²) in [5.41, 5.74) is 9.30. The van der Waals surface area contributed by atoms with Gasteiger partial charge in [-0.15, -0.1) is 0 Å². The van der Waals surface area contributed by atoms with Crippen molar-refractivity contribution in [3.8, 4) is 0 Å². The summed E-state index contributed by atoms with van der Waals surface area (Å²) in [4.78, 5) is 14.4. The summed E-state index contributed by atoms with van der Waals surface area (Å²) in [6.45, 7) is 4.80. The summed E-state index contributed by atoms with van der Waals surface area (Å²) >= 11 is 0. The monoisotopic (exact) mass is 309 g/mol. The van der Waals surface area contributed by atoms with Crippen molar-refractivity contribution < 1.29 is 4.79 Å². The van der Waals surface area contributed by atoms with E-state index in [9.17, 15) is 4.79 Å². The predicted molar refractivity (Wildman–Crippen MR) is 94.8 cm³/mol. The van der Waals surface area contributed by atoms with Crippen molar-refractivity contribution in [2.45, 2.75) is 32.2 Å². The van der Waals surface area contributed by atoms with Gasteiger partial charge in [0.2, 0.25) is 5.91 Å². The lowest BCUT2D eigenvalue weighted by Crippen LogP contribution is -2.45. The average molecular weight is 309 g/mol. The van der Waals surface area contributed by atoms with Crippen molar-refractivity contribution in [3.05, 3.63) is 59.8 Å². The van der Waals surface area contributed by atoms with Gasteiger partial charge in [0.15, 0.2) is 0 Å². The van der Waals surface area contributed by atoms with E-state index in [1.54, 1.807) is 6.08 Å². The zero-order valence-corrected chi connectivity index (χ0v) is 13.7. The van der Waals surface area contributed by atoms with Crippen LogP contribution in [0.3, 0.4) is 0 Å². The molecule has 23 heavy (non-hydrogen) atoms. The van der Waals surface area contributed by atoms with Gasteiger partial charge in [0.05, 0.1) is 16.9 Å². The molecule has 1 heterocycles. The maximum absolute atomic E-state index is 12.5. The number of rotatable bonds is 4. The standard InChI is InChI=1S/C19H23N3O/c1-19(2)17(21-16-11-7-6-10-15(16)20)12-18(23)22(19)13-14-8-4-3-5-9-14/h3-4,6-8,10-12,21H,5,9,13,20H2,1-2H3. The number of hydrogen-bond acceptors (Lipinski definition) is 3. The molecule has 4 heteroatoms. The lowest BCUT2D eigenvalue weighted by atomic mass is 9.98. The fraction of sp³-hybridized carbons (Fsp3) is 0.316. The van der Waals surface area contributed by atoms with E-state index in [4.69, 9.17) is 5.73 Å². The van der Waals surface area contributed by atoms with E-state index in [-0.39, 0.29) is 11.4 Å². The van der Waals surface area contributed by atoms with Crippen molar-refractivity contribution in [2.24, 2.45) is 0 Å². The van der Waals surface area contributed by atoms with E-state index in [0.717, 1.165) is 24.2 Å². The zero-order chi connectivity index (χ0) is 16.4. The molecule has 0 radical (unpaired) electrons. The molecule has 0 fully saturated rings. The fourth-order valence-corrected chi connectivity index (χ4v) is 3.01. The van der Waals surface area contributed by atoms with Crippen molar-refractivity contribution in [1.82, 2.24) is 4.90 Å². The molecule has 1 aliphatic carbocycles. The molecule has 1 aliphatic heterocycles. The number of para-hydroxylation sites is 2. The van der Waals surface area contributed by atoms with Crippen LogP contribution in [0.15, 0.2) is 59.8 Å². The van der Waals surface area contributed by atoms with Crippen LogP contribution in [0.4, 0.5) is 11.4 Å². The minimum Gasteiger partial charge on any atom is -0.397 e. The molecule has 0 saturated heterocycles. The summed E-state index contributed by atoms with van der Waals surface area (Å²) in [6, 6.07) is 7.60. The van der Waals surface area contributed by atoms with Crippen LogP contribution in [0.5, 0.6) is 0 Å². The van der Waals surface area contributed by atoms with Gasteiger partial charge in [-0.2, -0.15) is 0 Å². The molecule has 0 atom stereocenters. The molecular weight excluding hydrogens is 286 g/mol. The van der Waals surface area contributed by atoms with Crippen LogP contribution in [0, 0.1) is 0 Å². The van der Waals surface area contributed by atoms with Gasteiger partial charge in [-0.05, 0) is 38.8 Å². The minimum absolute atomic E-state index is 0.0439. The summed E-state index contributed by atoms with van der Waals surface area (Å²) in [6.07, 6.45) is 10.1. The number of nitrogens with zero attached hydrogens (tertiary/aromatic N) is 1. The van der Waals surface area contributed by atoms with Crippen molar-refractivity contribution in [1.29, 1.82) is 0 Å². The number of nitrogens with two attached hydrogens (primary N) is 1. The van der Waals surface area contributed by atoms with Crippen LogP contribution >= 0.6 is 0 Å². The van der Waals surface area contributed by atoms with Crippen molar-refractivity contribution in [3.63, 3.8) is 0 Å². The third-order valence-corrected chi connectivity index (χ3v) is 4.56. The molecule has 1 aromatic rings. The zero-order valence-electron chi connectivity index (χ0n) is 13.7. The molecule has 1 amide bonds. The Labute approximate surface area is 137 Å². The number of benzene rings is 1. The van der Waals surface area contributed by atoms with E-state index in [1.165, 1.54) is 5.57 Å². The normalized spacial score (nSPS) is 19.6. The molecule has 4 nitrogen and oxygen atoms in total. The maximum Gasteiger partial charge on any atom is 0.249 e. The molecule has 0 unspecified atom stereocenters. The smallest absolute Gasteiger partial charge is 0.249 e. The second-order valence-corrected chi connectivity index (χ2v) is 6.55. The Kier molecular flexibility index (Phi) is 3.99. The topological polar surface area (TPSA) is 58.4 Å². The Bertz CT molecular complexity index is 713. The molecule has 120 valence electrons. The molecule has 3 rings (SSSR count). The highest BCUT2D eigenvalue weighted by atomic mass is 16.2. The molecule has 2 aliphatic rings. The molecule has 3 N–H and O–H groups in total. The lowest BCUT2D eigenvalue weighted by Gasteiger charge is -2.36. The first-order chi connectivity index (χ1) is 11.0. The van der Waals surface area contributed by atoms with E-state index < -0.39 is 0 Å². The van der Waals surface area contributed by atoms with Gasteiger partial charge < -0.3 is 16.0 Å². The number of nitrogen functional groups attached to an aromatic ring is 1. The summed E-state index contributed by atoms with van der Waals surface area (Å²) in [5.74, 6) is 0.0439. The highest BCUT2D eigenvalue weighted by Gasteiger charge is 2.40. The largest absolute Gasteiger partial charge is 0.397 e. The van der Waals surface area contributed by atoms with Crippen LogP contribution in [-0.2, 0) is 4.79 Å². The van der Waals surface area contributed by atoms with E-state index in [2.05, 4.69) is 37.4 Å². The highest BCUT2D eigenvalue weighted by molar-refractivity contribution is 5.94. The van der Waals surface area contributed by atoms with Gasteiger partial charge in [0.25, 0.3) is 0 Å². The molecule has 0 saturated carbocycles. The molecule has 0 spiro atoms. The Balaban J connectivity index is 1.79. The lowest BCUT2D eigenvalue weighted by molar-refractivity contribution is -0.127. The van der Waals surface area contributed by atoms with E-state index in [1.807, 2.05) is 29.2 Å².